The molecule has 0 spiro atoms. The van der Waals surface area contributed by atoms with Gasteiger partial charge in [-0.3, -0.25) is 15.4 Å². The van der Waals surface area contributed by atoms with Gasteiger partial charge in [0.25, 0.3) is 0 Å². The van der Waals surface area contributed by atoms with E-state index in [1.165, 1.54) is 11.6 Å². The van der Waals surface area contributed by atoms with E-state index in [0.717, 1.165) is 59.5 Å². The minimum atomic E-state index is -4.45. The topological polar surface area (TPSA) is 87.1 Å². The van der Waals surface area contributed by atoms with Gasteiger partial charge in [0.05, 0.1) is 10.7 Å². The molecule has 1 amide bonds. The number of carbonyl (C=O) groups is 1. The lowest BCUT2D eigenvalue weighted by Gasteiger charge is -2.30. The number of halogens is 3. The summed E-state index contributed by atoms with van der Waals surface area (Å²) in [4.78, 5) is 18.7. The standard InChI is InChI=1S/C26H30F3N7OS/c1-16-12-23(26(27,28)29)34-36(16)11-10-35-8-6-18(7-9-35)25-33-22(15-38-25)24-30-13-19-4-3-5-21(32-17(2)37)20(19)14-31-24/h3-5,10-12,15,18,24,30-31H,6-9,13-14H2,1-2H3,(H,32,37). The van der Waals surface area contributed by atoms with E-state index in [9.17, 15) is 18.0 Å². The van der Waals surface area contributed by atoms with Crippen molar-refractivity contribution in [1.29, 1.82) is 0 Å². The lowest BCUT2D eigenvalue weighted by Crippen LogP contribution is -2.31. The van der Waals surface area contributed by atoms with Crippen molar-refractivity contribution < 1.29 is 18.0 Å². The number of hydrogen-bond donors (Lipinski definition) is 3. The number of benzene rings is 1. The lowest BCUT2D eigenvalue weighted by molar-refractivity contribution is -0.141. The van der Waals surface area contributed by atoms with E-state index in [-0.39, 0.29) is 12.1 Å². The third kappa shape index (κ3) is 5.92. The zero-order valence-electron chi connectivity index (χ0n) is 21.2. The fourth-order valence-corrected chi connectivity index (χ4v) is 5.88. The number of piperidine rings is 1. The minimum absolute atomic E-state index is 0.0927. The van der Waals surface area contributed by atoms with Crippen LogP contribution in [0.5, 0.6) is 0 Å². The third-order valence-electron chi connectivity index (χ3n) is 6.91. The number of aromatic nitrogens is 3. The van der Waals surface area contributed by atoms with Gasteiger partial charge in [-0.25, -0.2) is 9.67 Å². The quantitative estimate of drug-likeness (QED) is 0.426. The van der Waals surface area contributed by atoms with E-state index in [0.29, 0.717) is 24.7 Å². The SMILES string of the molecule is CC(=O)Nc1cccc2c1CNC(c1csc(C3CCN(C=Cn4nc(C(F)(F)F)cc4C)CC3)n1)NC2. The van der Waals surface area contributed by atoms with Gasteiger partial charge in [-0.15, -0.1) is 11.3 Å². The number of amides is 1. The molecule has 1 atom stereocenters. The predicted octanol–water partition coefficient (Wildman–Crippen LogP) is 4.82. The molecule has 2 aliphatic heterocycles. The number of aryl methyl sites for hydroxylation is 1. The van der Waals surface area contributed by atoms with Gasteiger partial charge in [0, 0.05) is 68.2 Å². The highest BCUT2D eigenvalue weighted by Crippen LogP contribution is 2.33. The average molecular weight is 546 g/mol. The van der Waals surface area contributed by atoms with Gasteiger partial charge in [0.15, 0.2) is 5.69 Å². The minimum Gasteiger partial charge on any atom is -0.376 e. The summed E-state index contributed by atoms with van der Waals surface area (Å²) in [6.45, 7) is 5.99. The molecule has 1 unspecified atom stereocenters. The van der Waals surface area contributed by atoms with Gasteiger partial charge in [0.2, 0.25) is 5.91 Å². The van der Waals surface area contributed by atoms with Crippen LogP contribution in [-0.4, -0.2) is 38.7 Å². The molecule has 1 saturated heterocycles. The number of hydrogen-bond acceptors (Lipinski definition) is 7. The first-order valence-corrected chi connectivity index (χ1v) is 13.4. The second-order valence-electron chi connectivity index (χ2n) is 9.65. The maximum absolute atomic E-state index is 12.9. The first-order chi connectivity index (χ1) is 18.2. The second-order valence-corrected chi connectivity index (χ2v) is 10.5. The van der Waals surface area contributed by atoms with Gasteiger partial charge >= 0.3 is 6.18 Å². The number of nitrogens with zero attached hydrogens (tertiary/aromatic N) is 4. The molecule has 3 N–H and O–H groups in total. The summed E-state index contributed by atoms with van der Waals surface area (Å²) in [5, 5.41) is 16.8. The molecular weight excluding hydrogens is 515 g/mol. The molecule has 12 heteroatoms. The van der Waals surface area contributed by atoms with Crippen LogP contribution in [0.15, 0.2) is 35.8 Å². The molecule has 1 fully saturated rings. The van der Waals surface area contributed by atoms with Gasteiger partial charge in [-0.1, -0.05) is 12.1 Å². The normalized spacial score (nSPS) is 19.0. The number of likely N-dealkylation sites (tertiary alicyclic amines) is 1. The number of rotatable bonds is 5. The zero-order valence-corrected chi connectivity index (χ0v) is 22.0. The van der Waals surface area contributed by atoms with Crippen molar-refractivity contribution >= 4 is 29.1 Å². The molecule has 1 aromatic carbocycles. The summed E-state index contributed by atoms with van der Waals surface area (Å²) in [6, 6.07) is 6.98. The molecule has 38 heavy (non-hydrogen) atoms. The van der Waals surface area contributed by atoms with Crippen LogP contribution < -0.4 is 16.0 Å². The van der Waals surface area contributed by atoms with Crippen LogP contribution in [0.3, 0.4) is 0 Å². The molecule has 5 rings (SSSR count). The molecule has 2 aliphatic rings. The Balaban J connectivity index is 1.17. The Hall–Kier alpha value is -3.22. The van der Waals surface area contributed by atoms with Crippen molar-refractivity contribution in [2.24, 2.45) is 0 Å². The Bertz CT molecular complexity index is 1320. The number of nitrogens with one attached hydrogen (secondary N) is 3. The highest BCUT2D eigenvalue weighted by Gasteiger charge is 2.34. The Morgan fingerprint density at radius 1 is 1.18 bits per heavy atom. The summed E-state index contributed by atoms with van der Waals surface area (Å²) in [5.41, 5.74) is 3.56. The summed E-state index contributed by atoms with van der Waals surface area (Å²) >= 11 is 1.67. The highest BCUT2D eigenvalue weighted by molar-refractivity contribution is 7.09. The smallest absolute Gasteiger partial charge is 0.376 e. The van der Waals surface area contributed by atoms with Crippen LogP contribution in [0, 0.1) is 6.92 Å². The molecular formula is C26H30F3N7OS. The van der Waals surface area contributed by atoms with Crippen LogP contribution in [0.25, 0.3) is 6.20 Å². The fourth-order valence-electron chi connectivity index (χ4n) is 4.86. The summed E-state index contributed by atoms with van der Waals surface area (Å²) < 4.78 is 40.0. The Kier molecular flexibility index (Phi) is 7.55. The Labute approximate surface area is 222 Å². The lowest BCUT2D eigenvalue weighted by atomic mass is 9.98. The first kappa shape index (κ1) is 26.4. The number of thiazole rings is 1. The van der Waals surface area contributed by atoms with Gasteiger partial charge < -0.3 is 10.2 Å². The third-order valence-corrected chi connectivity index (χ3v) is 7.93. The van der Waals surface area contributed by atoms with E-state index < -0.39 is 11.9 Å². The van der Waals surface area contributed by atoms with Crippen molar-refractivity contribution in [2.75, 3.05) is 18.4 Å². The summed E-state index contributed by atoms with van der Waals surface area (Å²) in [6.07, 6.45) is 0.692. The summed E-state index contributed by atoms with van der Waals surface area (Å²) in [5.74, 6) is 0.251. The molecule has 4 heterocycles. The van der Waals surface area contributed by atoms with Crippen LogP contribution >= 0.6 is 11.3 Å². The zero-order chi connectivity index (χ0) is 26.9. The van der Waals surface area contributed by atoms with Crippen molar-refractivity contribution in [2.45, 2.75) is 58.0 Å². The highest BCUT2D eigenvalue weighted by atomic mass is 32.1. The maximum atomic E-state index is 12.9. The van der Waals surface area contributed by atoms with Crippen molar-refractivity contribution in [3.8, 4) is 0 Å². The summed E-state index contributed by atoms with van der Waals surface area (Å²) in [7, 11) is 0. The predicted molar refractivity (Wildman–Crippen MR) is 140 cm³/mol. The van der Waals surface area contributed by atoms with Crippen molar-refractivity contribution in [3.05, 3.63) is 69.1 Å². The van der Waals surface area contributed by atoms with E-state index in [4.69, 9.17) is 4.98 Å². The second kappa shape index (κ2) is 10.9. The van der Waals surface area contributed by atoms with Crippen LogP contribution in [0.1, 0.15) is 65.1 Å². The van der Waals surface area contributed by atoms with Gasteiger partial charge in [0.1, 0.15) is 6.17 Å². The van der Waals surface area contributed by atoms with Crippen LogP contribution in [0.4, 0.5) is 18.9 Å². The molecule has 202 valence electrons. The Morgan fingerprint density at radius 3 is 2.66 bits per heavy atom. The molecule has 2 aromatic heterocycles. The molecule has 0 saturated carbocycles. The molecule has 0 bridgehead atoms. The fraction of sp³-hybridized carbons (Fsp3) is 0.423. The maximum Gasteiger partial charge on any atom is 0.435 e. The molecule has 3 aromatic rings. The van der Waals surface area contributed by atoms with Crippen molar-refractivity contribution in [1.82, 2.24) is 30.3 Å². The number of anilines is 1. The first-order valence-electron chi connectivity index (χ1n) is 12.5. The number of alkyl halides is 3. The molecule has 0 aliphatic carbocycles. The van der Waals surface area contributed by atoms with Crippen LogP contribution in [0.2, 0.25) is 0 Å². The van der Waals surface area contributed by atoms with E-state index in [1.54, 1.807) is 24.5 Å². The van der Waals surface area contributed by atoms with Gasteiger partial charge in [-0.2, -0.15) is 18.3 Å². The van der Waals surface area contributed by atoms with E-state index >= 15 is 0 Å². The average Bonchev–Trinajstić information content (AvgIpc) is 3.45. The number of carbonyl (C=O) groups excluding carboxylic acids is 1. The molecule has 0 radical (unpaired) electrons. The van der Waals surface area contributed by atoms with E-state index in [2.05, 4.69) is 37.4 Å². The number of fused-ring (bicyclic) bond motifs is 1. The van der Waals surface area contributed by atoms with Crippen molar-refractivity contribution in [3.63, 3.8) is 0 Å². The Morgan fingerprint density at radius 2 is 1.95 bits per heavy atom. The largest absolute Gasteiger partial charge is 0.435 e. The van der Waals surface area contributed by atoms with Gasteiger partial charge in [-0.05, 0) is 43.0 Å². The monoisotopic (exact) mass is 545 g/mol. The molecule has 8 nitrogen and oxygen atoms in total. The van der Waals surface area contributed by atoms with Crippen LogP contribution in [-0.2, 0) is 24.1 Å². The van der Waals surface area contributed by atoms with E-state index in [1.807, 2.05) is 18.3 Å².